The molecule has 1 amide bonds. The lowest BCUT2D eigenvalue weighted by Crippen LogP contribution is -2.42. The number of aliphatic hydroxyl groups excluding tert-OH is 1. The minimum absolute atomic E-state index is 0.00917. The van der Waals surface area contributed by atoms with Crippen molar-refractivity contribution in [3.05, 3.63) is 83.9 Å². The number of fused-ring (bicyclic) bond motifs is 3. The molecule has 0 bridgehead atoms. The predicted octanol–water partition coefficient (Wildman–Crippen LogP) is 3.88. The molecule has 3 aromatic rings. The molecule has 1 aromatic heterocycles. The summed E-state index contributed by atoms with van der Waals surface area (Å²) in [6, 6.07) is 15.8. The van der Waals surface area contributed by atoms with Crippen LogP contribution in [0.5, 0.6) is 0 Å². The number of benzene rings is 2. The first-order valence-electron chi connectivity index (χ1n) is 10.1. The van der Waals surface area contributed by atoms with Crippen molar-refractivity contribution in [2.75, 3.05) is 18.5 Å². The number of anilines is 1. The zero-order valence-electron chi connectivity index (χ0n) is 16.3. The minimum Gasteiger partial charge on any atom is -0.394 e. The maximum absolute atomic E-state index is 13.4. The summed E-state index contributed by atoms with van der Waals surface area (Å²) in [4.78, 5) is 19.2. The molecule has 0 unspecified atom stereocenters. The van der Waals surface area contributed by atoms with Crippen molar-refractivity contribution in [3.8, 4) is 11.1 Å². The number of hydrogen-bond acceptors (Lipinski definition) is 4. The Balaban J connectivity index is 1.57. The lowest BCUT2D eigenvalue weighted by molar-refractivity contribution is 0.0700. The SMILES string of the molecule is O=C(c1cccnc1)N1CC[C@@H]2[C@@H](CO)Nc3ccc(-c4ccc(F)cc4)cc3[C@@H]21. The molecule has 3 atom stereocenters. The normalized spacial score (nSPS) is 22.2. The number of amides is 1. The van der Waals surface area contributed by atoms with E-state index < -0.39 is 0 Å². The van der Waals surface area contributed by atoms with Crippen LogP contribution in [0.3, 0.4) is 0 Å². The van der Waals surface area contributed by atoms with Gasteiger partial charge in [0.25, 0.3) is 5.91 Å². The third-order valence-electron chi connectivity index (χ3n) is 6.22. The lowest BCUT2D eigenvalue weighted by atomic mass is 9.82. The monoisotopic (exact) mass is 403 g/mol. The number of nitrogens with zero attached hydrogens (tertiary/aromatic N) is 2. The lowest BCUT2D eigenvalue weighted by Gasteiger charge is -2.39. The number of aliphatic hydroxyl groups is 1. The van der Waals surface area contributed by atoms with Gasteiger partial charge in [0.15, 0.2) is 0 Å². The summed E-state index contributed by atoms with van der Waals surface area (Å²) in [5.74, 6) is -0.202. The van der Waals surface area contributed by atoms with Gasteiger partial charge in [0.2, 0.25) is 0 Å². The topological polar surface area (TPSA) is 65.5 Å². The largest absolute Gasteiger partial charge is 0.394 e. The Morgan fingerprint density at radius 3 is 2.70 bits per heavy atom. The fraction of sp³-hybridized carbons (Fsp3) is 0.250. The van der Waals surface area contributed by atoms with Crippen LogP contribution in [-0.2, 0) is 0 Å². The zero-order valence-corrected chi connectivity index (χ0v) is 16.3. The Bertz CT molecular complexity index is 1070. The second-order valence-electron chi connectivity index (χ2n) is 7.88. The molecule has 0 radical (unpaired) electrons. The minimum atomic E-state index is -0.270. The molecule has 30 heavy (non-hydrogen) atoms. The average Bonchev–Trinajstić information content (AvgIpc) is 3.24. The first-order valence-corrected chi connectivity index (χ1v) is 10.1. The molecular formula is C24H22FN3O2. The summed E-state index contributed by atoms with van der Waals surface area (Å²) in [5, 5.41) is 13.4. The smallest absolute Gasteiger partial charge is 0.255 e. The maximum atomic E-state index is 13.4. The Morgan fingerprint density at radius 2 is 1.97 bits per heavy atom. The summed E-state index contributed by atoms with van der Waals surface area (Å²) < 4.78 is 13.4. The molecule has 2 aliphatic rings. The van der Waals surface area contributed by atoms with Gasteiger partial charge in [-0.2, -0.15) is 0 Å². The van der Waals surface area contributed by atoms with Crippen molar-refractivity contribution in [3.63, 3.8) is 0 Å². The highest BCUT2D eigenvalue weighted by Gasteiger charge is 2.45. The van der Waals surface area contributed by atoms with E-state index in [-0.39, 0.29) is 36.3 Å². The van der Waals surface area contributed by atoms with E-state index in [0.717, 1.165) is 28.8 Å². The number of carbonyl (C=O) groups excluding carboxylic acids is 1. The van der Waals surface area contributed by atoms with E-state index in [9.17, 15) is 14.3 Å². The number of aromatic nitrogens is 1. The number of hydrogen-bond donors (Lipinski definition) is 2. The molecule has 0 spiro atoms. The van der Waals surface area contributed by atoms with Crippen molar-refractivity contribution in [1.29, 1.82) is 0 Å². The molecule has 1 saturated heterocycles. The average molecular weight is 403 g/mol. The van der Waals surface area contributed by atoms with Crippen molar-refractivity contribution >= 4 is 11.6 Å². The zero-order chi connectivity index (χ0) is 20.7. The van der Waals surface area contributed by atoms with Gasteiger partial charge in [0.1, 0.15) is 5.82 Å². The van der Waals surface area contributed by atoms with Crippen LogP contribution in [0.4, 0.5) is 10.1 Å². The Kier molecular flexibility index (Phi) is 4.71. The molecule has 152 valence electrons. The number of rotatable bonds is 3. The highest BCUT2D eigenvalue weighted by atomic mass is 19.1. The Labute approximate surface area is 174 Å². The number of nitrogens with one attached hydrogen (secondary N) is 1. The Morgan fingerprint density at radius 1 is 1.17 bits per heavy atom. The van der Waals surface area contributed by atoms with Gasteiger partial charge < -0.3 is 15.3 Å². The molecule has 5 nitrogen and oxygen atoms in total. The van der Waals surface area contributed by atoms with Crippen LogP contribution in [-0.4, -0.2) is 40.1 Å². The molecular weight excluding hydrogens is 381 g/mol. The molecule has 6 heteroatoms. The highest BCUT2D eigenvalue weighted by molar-refractivity contribution is 5.94. The molecule has 2 aliphatic heterocycles. The second kappa shape index (κ2) is 7.54. The summed E-state index contributed by atoms with van der Waals surface area (Å²) in [6.45, 7) is 0.636. The van der Waals surface area contributed by atoms with Crippen molar-refractivity contribution in [2.24, 2.45) is 5.92 Å². The highest BCUT2D eigenvalue weighted by Crippen LogP contribution is 2.47. The van der Waals surface area contributed by atoms with Gasteiger partial charge in [-0.15, -0.1) is 0 Å². The number of pyridine rings is 1. The molecule has 2 aromatic carbocycles. The summed E-state index contributed by atoms with van der Waals surface area (Å²) in [6.07, 6.45) is 4.06. The molecule has 2 N–H and O–H groups in total. The quantitative estimate of drug-likeness (QED) is 0.697. The van der Waals surface area contributed by atoms with E-state index in [0.29, 0.717) is 12.1 Å². The molecule has 1 fully saturated rings. The van der Waals surface area contributed by atoms with Crippen molar-refractivity contribution < 1.29 is 14.3 Å². The standard InChI is InChI=1S/C24H22FN3O2/c25-18-6-3-15(4-7-18)16-5-8-21-20(12-16)23-19(22(14-29)27-21)9-11-28(23)24(30)17-2-1-10-26-13-17/h1-8,10,12-13,19,22-23,27,29H,9,11,14H2/t19-,22-,23-/m1/s1. The summed E-state index contributed by atoms with van der Waals surface area (Å²) in [5.41, 5.74) is 4.40. The summed E-state index contributed by atoms with van der Waals surface area (Å²) >= 11 is 0. The van der Waals surface area contributed by atoms with E-state index >= 15 is 0 Å². The van der Waals surface area contributed by atoms with Crippen LogP contribution in [0, 0.1) is 11.7 Å². The van der Waals surface area contributed by atoms with Gasteiger partial charge >= 0.3 is 0 Å². The van der Waals surface area contributed by atoms with Gasteiger partial charge in [0, 0.05) is 30.5 Å². The van der Waals surface area contributed by atoms with Gasteiger partial charge in [-0.05, 0) is 59.5 Å². The van der Waals surface area contributed by atoms with Crippen LogP contribution >= 0.6 is 0 Å². The first kappa shape index (κ1) is 18.8. The van der Waals surface area contributed by atoms with Crippen LogP contribution < -0.4 is 5.32 Å². The maximum Gasteiger partial charge on any atom is 0.255 e. The van der Waals surface area contributed by atoms with E-state index in [4.69, 9.17) is 0 Å². The fourth-order valence-corrected chi connectivity index (χ4v) is 4.77. The third-order valence-corrected chi connectivity index (χ3v) is 6.22. The second-order valence-corrected chi connectivity index (χ2v) is 7.88. The molecule has 0 aliphatic carbocycles. The number of halogens is 1. The molecule has 5 rings (SSSR count). The number of likely N-dealkylation sites (tertiary alicyclic amines) is 1. The van der Waals surface area contributed by atoms with Crippen LogP contribution in [0.1, 0.15) is 28.4 Å². The fourth-order valence-electron chi connectivity index (χ4n) is 4.77. The molecule has 0 saturated carbocycles. The Hall–Kier alpha value is -3.25. The van der Waals surface area contributed by atoms with Crippen LogP contribution in [0.25, 0.3) is 11.1 Å². The summed E-state index contributed by atoms with van der Waals surface area (Å²) in [7, 11) is 0. The van der Waals surface area contributed by atoms with Gasteiger partial charge in [0.05, 0.1) is 24.3 Å². The van der Waals surface area contributed by atoms with E-state index in [1.165, 1.54) is 12.1 Å². The first-order chi connectivity index (χ1) is 14.7. The third kappa shape index (κ3) is 3.13. The van der Waals surface area contributed by atoms with E-state index in [1.807, 2.05) is 17.0 Å². The van der Waals surface area contributed by atoms with Crippen molar-refractivity contribution in [1.82, 2.24) is 9.88 Å². The van der Waals surface area contributed by atoms with Crippen LogP contribution in [0.15, 0.2) is 67.0 Å². The van der Waals surface area contributed by atoms with Crippen LogP contribution in [0.2, 0.25) is 0 Å². The predicted molar refractivity (Wildman–Crippen MR) is 112 cm³/mol. The van der Waals surface area contributed by atoms with Gasteiger partial charge in [-0.3, -0.25) is 9.78 Å². The number of carbonyl (C=O) groups is 1. The van der Waals surface area contributed by atoms with Gasteiger partial charge in [-0.1, -0.05) is 18.2 Å². The molecule has 3 heterocycles. The van der Waals surface area contributed by atoms with Crippen molar-refractivity contribution in [2.45, 2.75) is 18.5 Å². The van der Waals surface area contributed by atoms with E-state index in [2.05, 4.69) is 16.4 Å². The van der Waals surface area contributed by atoms with Gasteiger partial charge in [-0.25, -0.2) is 4.39 Å². The van der Waals surface area contributed by atoms with E-state index in [1.54, 1.807) is 36.7 Å².